The summed E-state index contributed by atoms with van der Waals surface area (Å²) in [6.07, 6.45) is 9.98. The average Bonchev–Trinajstić information content (AvgIpc) is 2.95. The van der Waals surface area contributed by atoms with E-state index in [1.807, 2.05) is 7.11 Å². The average molecular weight is 190 g/mol. The molecule has 76 valence electrons. The molecule has 0 saturated heterocycles. The summed E-state index contributed by atoms with van der Waals surface area (Å²) < 4.78 is 5.73. The van der Waals surface area contributed by atoms with Gasteiger partial charge in [0.05, 0.1) is 6.10 Å². The maximum absolute atomic E-state index is 5.73. The van der Waals surface area contributed by atoms with Crippen molar-refractivity contribution < 1.29 is 4.74 Å². The van der Waals surface area contributed by atoms with Gasteiger partial charge in [-0.3, -0.25) is 0 Å². The van der Waals surface area contributed by atoms with E-state index in [1.165, 1.54) is 19.3 Å². The molecule has 6 atom stereocenters. The molecule has 0 radical (unpaired) electrons. The lowest BCUT2D eigenvalue weighted by molar-refractivity contribution is 0.0530. The highest BCUT2D eigenvalue weighted by atomic mass is 16.5. The zero-order valence-electron chi connectivity index (χ0n) is 8.73. The summed E-state index contributed by atoms with van der Waals surface area (Å²) >= 11 is 0. The van der Waals surface area contributed by atoms with Gasteiger partial charge in [-0.25, -0.2) is 0 Å². The predicted octanol–water partition coefficient (Wildman–Crippen LogP) is 2.48. The molecule has 0 aromatic rings. The molecule has 6 unspecified atom stereocenters. The van der Waals surface area contributed by atoms with Gasteiger partial charge >= 0.3 is 0 Å². The van der Waals surface area contributed by atoms with Gasteiger partial charge < -0.3 is 4.74 Å². The highest BCUT2D eigenvalue weighted by Gasteiger charge is 2.62. The Morgan fingerprint density at radius 1 is 1.00 bits per heavy atom. The molecule has 1 nitrogen and oxygen atoms in total. The topological polar surface area (TPSA) is 9.23 Å². The third-order valence-corrected chi connectivity index (χ3v) is 5.52. The summed E-state index contributed by atoms with van der Waals surface area (Å²) in [6.45, 7) is 0. The third kappa shape index (κ3) is 0.701. The van der Waals surface area contributed by atoms with Gasteiger partial charge in [0.25, 0.3) is 0 Å². The van der Waals surface area contributed by atoms with Crippen molar-refractivity contribution in [1.29, 1.82) is 0 Å². The number of hydrogen-bond acceptors (Lipinski definition) is 1. The largest absolute Gasteiger partial charge is 0.381 e. The standard InChI is InChI=1S/C13H18O/c1-14-13-9-4-5-10(13)12-8-3-2-7(6-8)11(9)12/h2-3,7-13H,4-6H2,1H3. The van der Waals surface area contributed by atoms with Crippen LogP contribution in [0.2, 0.25) is 0 Å². The molecule has 0 aromatic heterocycles. The normalized spacial score (nSPS) is 62.5. The summed E-state index contributed by atoms with van der Waals surface area (Å²) in [5.74, 6) is 5.70. The van der Waals surface area contributed by atoms with Crippen LogP contribution in [-0.2, 0) is 4.74 Å². The first-order valence-corrected chi connectivity index (χ1v) is 6.11. The Morgan fingerprint density at radius 2 is 1.57 bits per heavy atom. The Labute approximate surface area is 85.5 Å². The Morgan fingerprint density at radius 3 is 2.07 bits per heavy atom. The van der Waals surface area contributed by atoms with E-state index in [9.17, 15) is 0 Å². The second kappa shape index (κ2) is 2.44. The SMILES string of the molecule is COC1C2CCC1C1C3C=CC(C3)C21. The molecular weight excluding hydrogens is 172 g/mol. The predicted molar refractivity (Wildman–Crippen MR) is 54.7 cm³/mol. The van der Waals surface area contributed by atoms with Crippen molar-refractivity contribution in [3.63, 3.8) is 0 Å². The number of fused-ring (bicyclic) bond motifs is 9. The third-order valence-electron chi connectivity index (χ3n) is 5.52. The zero-order valence-corrected chi connectivity index (χ0v) is 8.73. The summed E-state index contributed by atoms with van der Waals surface area (Å²) in [4.78, 5) is 0. The first-order chi connectivity index (χ1) is 6.90. The lowest BCUT2D eigenvalue weighted by atomic mass is 9.73. The summed E-state index contributed by atoms with van der Waals surface area (Å²) in [6, 6.07) is 0. The summed E-state index contributed by atoms with van der Waals surface area (Å²) in [5, 5.41) is 0. The van der Waals surface area contributed by atoms with Crippen molar-refractivity contribution in [2.45, 2.75) is 25.4 Å². The molecule has 0 heterocycles. The molecule has 1 heteroatoms. The zero-order chi connectivity index (χ0) is 9.28. The van der Waals surface area contributed by atoms with E-state index >= 15 is 0 Å². The maximum atomic E-state index is 5.73. The van der Waals surface area contributed by atoms with Gasteiger partial charge in [0.1, 0.15) is 0 Å². The molecule has 0 N–H and O–H groups in total. The minimum Gasteiger partial charge on any atom is -0.381 e. The van der Waals surface area contributed by atoms with E-state index < -0.39 is 0 Å². The number of methoxy groups -OCH3 is 1. The molecule has 0 spiro atoms. The monoisotopic (exact) mass is 190 g/mol. The van der Waals surface area contributed by atoms with Gasteiger partial charge in [-0.2, -0.15) is 0 Å². The highest BCUT2D eigenvalue weighted by molar-refractivity contribution is 5.21. The quantitative estimate of drug-likeness (QED) is 0.456. The van der Waals surface area contributed by atoms with Crippen LogP contribution in [-0.4, -0.2) is 13.2 Å². The molecular formula is C13H18O. The molecule has 4 rings (SSSR count). The molecule has 0 aromatic carbocycles. The van der Waals surface area contributed by atoms with Gasteiger partial charge in [0, 0.05) is 7.11 Å². The Hall–Kier alpha value is -0.300. The van der Waals surface area contributed by atoms with Crippen molar-refractivity contribution in [3.05, 3.63) is 12.2 Å². The lowest BCUT2D eigenvalue weighted by Gasteiger charge is -2.31. The van der Waals surface area contributed by atoms with Crippen LogP contribution in [0.15, 0.2) is 12.2 Å². The number of hydrogen-bond donors (Lipinski definition) is 0. The number of allylic oxidation sites excluding steroid dienone is 2. The molecule has 4 bridgehead atoms. The first-order valence-electron chi connectivity index (χ1n) is 6.11. The Kier molecular flexibility index (Phi) is 1.38. The molecule has 0 amide bonds. The molecule has 4 aliphatic carbocycles. The van der Waals surface area contributed by atoms with E-state index in [-0.39, 0.29) is 0 Å². The van der Waals surface area contributed by atoms with E-state index in [2.05, 4.69) is 12.2 Å². The summed E-state index contributed by atoms with van der Waals surface area (Å²) in [7, 11) is 1.92. The van der Waals surface area contributed by atoms with Crippen molar-refractivity contribution in [3.8, 4) is 0 Å². The smallest absolute Gasteiger partial charge is 0.0633 e. The van der Waals surface area contributed by atoms with Gasteiger partial charge in [0.2, 0.25) is 0 Å². The van der Waals surface area contributed by atoms with Crippen LogP contribution in [0.3, 0.4) is 0 Å². The van der Waals surface area contributed by atoms with Crippen LogP contribution in [0, 0.1) is 35.5 Å². The molecule has 3 saturated carbocycles. The number of ether oxygens (including phenoxy) is 1. The first kappa shape index (κ1) is 7.92. The fourth-order valence-corrected chi connectivity index (χ4v) is 5.31. The van der Waals surface area contributed by atoms with Crippen LogP contribution >= 0.6 is 0 Å². The van der Waals surface area contributed by atoms with Gasteiger partial charge in [-0.1, -0.05) is 12.2 Å². The van der Waals surface area contributed by atoms with E-state index in [0.717, 1.165) is 35.5 Å². The van der Waals surface area contributed by atoms with Crippen LogP contribution in [0.1, 0.15) is 19.3 Å². The van der Waals surface area contributed by atoms with Crippen LogP contribution in [0.5, 0.6) is 0 Å². The van der Waals surface area contributed by atoms with Gasteiger partial charge in [-0.05, 0) is 54.8 Å². The van der Waals surface area contributed by atoms with Crippen LogP contribution < -0.4 is 0 Å². The fraction of sp³-hybridized carbons (Fsp3) is 0.846. The minimum absolute atomic E-state index is 0.621. The van der Waals surface area contributed by atoms with E-state index in [0.29, 0.717) is 6.10 Å². The van der Waals surface area contributed by atoms with Crippen LogP contribution in [0.4, 0.5) is 0 Å². The Balaban J connectivity index is 1.76. The fourth-order valence-electron chi connectivity index (χ4n) is 5.31. The molecule has 0 aliphatic heterocycles. The van der Waals surface area contributed by atoms with E-state index in [1.54, 1.807) is 0 Å². The Bertz CT molecular complexity index is 270. The van der Waals surface area contributed by atoms with Crippen molar-refractivity contribution >= 4 is 0 Å². The van der Waals surface area contributed by atoms with Crippen molar-refractivity contribution in [2.24, 2.45) is 35.5 Å². The highest BCUT2D eigenvalue weighted by Crippen LogP contribution is 2.65. The summed E-state index contributed by atoms with van der Waals surface area (Å²) in [5.41, 5.74) is 0. The maximum Gasteiger partial charge on any atom is 0.0633 e. The second-order valence-electron chi connectivity index (χ2n) is 5.71. The molecule has 14 heavy (non-hydrogen) atoms. The van der Waals surface area contributed by atoms with Gasteiger partial charge in [0.15, 0.2) is 0 Å². The van der Waals surface area contributed by atoms with Crippen molar-refractivity contribution in [1.82, 2.24) is 0 Å². The number of rotatable bonds is 1. The molecule has 4 aliphatic rings. The van der Waals surface area contributed by atoms with Gasteiger partial charge in [-0.15, -0.1) is 0 Å². The van der Waals surface area contributed by atoms with E-state index in [4.69, 9.17) is 4.74 Å². The van der Waals surface area contributed by atoms with Crippen molar-refractivity contribution in [2.75, 3.05) is 7.11 Å². The van der Waals surface area contributed by atoms with Crippen LogP contribution in [0.25, 0.3) is 0 Å². The molecule has 3 fully saturated rings. The second-order valence-corrected chi connectivity index (χ2v) is 5.71. The minimum atomic E-state index is 0.621. The lowest BCUT2D eigenvalue weighted by Crippen LogP contribution is -2.25.